The third-order valence-electron chi connectivity index (χ3n) is 3.75. The average Bonchev–Trinajstić information content (AvgIpc) is 3.01. The predicted octanol–water partition coefficient (Wildman–Crippen LogP) is 1.90. The summed E-state index contributed by atoms with van der Waals surface area (Å²) in [5, 5.41) is 2.07. The summed E-state index contributed by atoms with van der Waals surface area (Å²) in [6.07, 6.45) is 4.29. The molecule has 1 aliphatic rings. The van der Waals surface area contributed by atoms with Crippen LogP contribution in [-0.2, 0) is 11.2 Å². The highest BCUT2D eigenvalue weighted by molar-refractivity contribution is 7.15. The fourth-order valence-electron chi connectivity index (χ4n) is 2.73. The number of rotatable bonds is 4. The van der Waals surface area contributed by atoms with E-state index in [4.69, 9.17) is 15.5 Å². The molecule has 2 N–H and O–H groups in total. The molecule has 0 bridgehead atoms. The number of fused-ring (bicyclic) bond motifs is 1. The molecule has 2 atom stereocenters. The molecule has 2 unspecified atom stereocenters. The Hall–Kier alpha value is -1.11. The van der Waals surface area contributed by atoms with E-state index in [1.165, 1.54) is 5.69 Å². The Morgan fingerprint density at radius 2 is 2.45 bits per heavy atom. The summed E-state index contributed by atoms with van der Waals surface area (Å²) in [5.41, 5.74) is 7.24. The maximum absolute atomic E-state index is 6.01. The largest absolute Gasteiger partial charge is 0.375 e. The van der Waals surface area contributed by atoms with Crippen LogP contribution in [-0.4, -0.2) is 41.2 Å². The van der Waals surface area contributed by atoms with Gasteiger partial charge in [0.05, 0.1) is 18.4 Å². The number of nitrogens with zero attached hydrogens (tertiary/aromatic N) is 3. The molecule has 0 saturated carbocycles. The van der Waals surface area contributed by atoms with Crippen molar-refractivity contribution in [3.8, 4) is 0 Å². The van der Waals surface area contributed by atoms with Gasteiger partial charge in [-0.15, -0.1) is 11.3 Å². The molecule has 110 valence electrons. The van der Waals surface area contributed by atoms with Gasteiger partial charge in [-0.3, -0.25) is 4.40 Å². The summed E-state index contributed by atoms with van der Waals surface area (Å²) in [6.45, 7) is 6.83. The van der Waals surface area contributed by atoms with Gasteiger partial charge in [-0.25, -0.2) is 4.98 Å². The second-order valence-corrected chi connectivity index (χ2v) is 6.34. The van der Waals surface area contributed by atoms with Crippen molar-refractivity contribution >= 4 is 22.1 Å². The maximum Gasteiger partial charge on any atom is 0.195 e. The van der Waals surface area contributed by atoms with E-state index in [2.05, 4.69) is 27.8 Å². The normalized spacial score (nSPS) is 21.6. The van der Waals surface area contributed by atoms with Gasteiger partial charge in [-0.05, 0) is 13.3 Å². The fraction of sp³-hybridized carbons (Fsp3) is 0.643. The van der Waals surface area contributed by atoms with E-state index < -0.39 is 0 Å². The zero-order valence-electron chi connectivity index (χ0n) is 12.1. The summed E-state index contributed by atoms with van der Waals surface area (Å²) < 4.78 is 7.94. The van der Waals surface area contributed by atoms with Crippen molar-refractivity contribution in [1.82, 2.24) is 9.38 Å². The first kappa shape index (κ1) is 13.9. The lowest BCUT2D eigenvalue weighted by Gasteiger charge is -2.33. The van der Waals surface area contributed by atoms with E-state index in [0.29, 0.717) is 6.10 Å². The molecule has 0 aromatic carbocycles. The number of hydrogen-bond acceptors (Lipinski definition) is 5. The third-order valence-corrected chi connectivity index (χ3v) is 4.51. The fourth-order valence-corrected chi connectivity index (χ4v) is 3.46. The Bertz CT molecular complexity index is 577. The molecule has 2 aromatic rings. The molecule has 5 nitrogen and oxygen atoms in total. The molecule has 0 radical (unpaired) electrons. The van der Waals surface area contributed by atoms with Crippen LogP contribution < -0.4 is 10.6 Å². The Kier molecular flexibility index (Phi) is 3.96. The van der Waals surface area contributed by atoms with Gasteiger partial charge < -0.3 is 15.4 Å². The minimum Gasteiger partial charge on any atom is -0.375 e. The molecule has 0 aliphatic carbocycles. The van der Waals surface area contributed by atoms with Gasteiger partial charge in [0.15, 0.2) is 10.8 Å². The van der Waals surface area contributed by atoms with Crippen LogP contribution in [0.3, 0.4) is 0 Å². The molecular formula is C14H22N4OS. The van der Waals surface area contributed by atoms with Gasteiger partial charge in [-0.1, -0.05) is 6.92 Å². The number of anilines is 1. The SMILES string of the molecule is CCC1CN(c2nc3sccn3c2CC(C)N)CCO1. The quantitative estimate of drug-likeness (QED) is 0.936. The molecule has 1 saturated heterocycles. The van der Waals surface area contributed by atoms with E-state index in [1.807, 2.05) is 6.92 Å². The van der Waals surface area contributed by atoms with Gasteiger partial charge >= 0.3 is 0 Å². The average molecular weight is 294 g/mol. The Morgan fingerprint density at radius 1 is 1.60 bits per heavy atom. The second kappa shape index (κ2) is 5.71. The van der Waals surface area contributed by atoms with Crippen LogP contribution in [0.1, 0.15) is 26.0 Å². The minimum atomic E-state index is 0.136. The van der Waals surface area contributed by atoms with E-state index in [1.54, 1.807) is 11.3 Å². The Morgan fingerprint density at radius 3 is 3.20 bits per heavy atom. The molecular weight excluding hydrogens is 272 g/mol. The first-order valence-electron chi connectivity index (χ1n) is 7.25. The van der Waals surface area contributed by atoms with Crippen molar-refractivity contribution in [3.63, 3.8) is 0 Å². The number of ether oxygens (including phenoxy) is 1. The minimum absolute atomic E-state index is 0.136. The Labute approximate surface area is 123 Å². The standard InChI is InChI=1S/C14H22N4OS/c1-3-11-9-17(4-6-19-11)13-12(8-10(2)15)18-5-7-20-14(18)16-13/h5,7,10-11H,3-4,6,8-9,15H2,1-2H3. The zero-order valence-corrected chi connectivity index (χ0v) is 12.9. The zero-order chi connectivity index (χ0) is 14.1. The van der Waals surface area contributed by atoms with Crippen molar-refractivity contribution in [1.29, 1.82) is 0 Å². The highest BCUT2D eigenvalue weighted by Gasteiger charge is 2.25. The lowest BCUT2D eigenvalue weighted by Crippen LogP contribution is -2.43. The molecule has 2 aromatic heterocycles. The van der Waals surface area contributed by atoms with Crippen LogP contribution in [0.2, 0.25) is 0 Å². The van der Waals surface area contributed by atoms with Crippen LogP contribution in [0.4, 0.5) is 5.82 Å². The smallest absolute Gasteiger partial charge is 0.195 e. The van der Waals surface area contributed by atoms with Crippen molar-refractivity contribution in [2.24, 2.45) is 5.73 Å². The first-order chi connectivity index (χ1) is 9.69. The summed E-state index contributed by atoms with van der Waals surface area (Å²) >= 11 is 1.67. The topological polar surface area (TPSA) is 55.8 Å². The van der Waals surface area contributed by atoms with E-state index >= 15 is 0 Å². The lowest BCUT2D eigenvalue weighted by atomic mass is 10.1. The van der Waals surface area contributed by atoms with E-state index in [0.717, 1.165) is 43.3 Å². The molecule has 1 fully saturated rings. The maximum atomic E-state index is 6.01. The molecule has 6 heteroatoms. The number of thiazole rings is 1. The molecule has 20 heavy (non-hydrogen) atoms. The third kappa shape index (κ3) is 2.55. The summed E-state index contributed by atoms with van der Waals surface area (Å²) in [5.74, 6) is 1.09. The van der Waals surface area contributed by atoms with Gasteiger partial charge in [-0.2, -0.15) is 0 Å². The monoisotopic (exact) mass is 294 g/mol. The van der Waals surface area contributed by atoms with Gasteiger partial charge in [0, 0.05) is 37.1 Å². The van der Waals surface area contributed by atoms with E-state index in [-0.39, 0.29) is 6.04 Å². The van der Waals surface area contributed by atoms with Gasteiger partial charge in [0.25, 0.3) is 0 Å². The van der Waals surface area contributed by atoms with Crippen molar-refractivity contribution in [2.45, 2.75) is 38.8 Å². The molecule has 1 aliphatic heterocycles. The number of morpholine rings is 1. The van der Waals surface area contributed by atoms with Crippen molar-refractivity contribution in [2.75, 3.05) is 24.6 Å². The predicted molar refractivity (Wildman–Crippen MR) is 82.7 cm³/mol. The second-order valence-electron chi connectivity index (χ2n) is 5.47. The molecule has 3 rings (SSSR count). The number of nitrogens with two attached hydrogens (primary N) is 1. The first-order valence-corrected chi connectivity index (χ1v) is 8.13. The van der Waals surface area contributed by atoms with Crippen LogP contribution in [0.25, 0.3) is 4.96 Å². The lowest BCUT2D eigenvalue weighted by molar-refractivity contribution is 0.0381. The number of aromatic nitrogens is 2. The highest BCUT2D eigenvalue weighted by Crippen LogP contribution is 2.27. The summed E-state index contributed by atoms with van der Waals surface area (Å²) in [7, 11) is 0. The van der Waals surface area contributed by atoms with Crippen LogP contribution in [0.15, 0.2) is 11.6 Å². The van der Waals surface area contributed by atoms with Crippen LogP contribution >= 0.6 is 11.3 Å². The molecule has 0 spiro atoms. The molecule has 0 amide bonds. The Balaban J connectivity index is 1.94. The van der Waals surface area contributed by atoms with Gasteiger partial charge in [0.1, 0.15) is 0 Å². The summed E-state index contributed by atoms with van der Waals surface area (Å²) in [4.78, 5) is 8.22. The highest BCUT2D eigenvalue weighted by atomic mass is 32.1. The molecule has 3 heterocycles. The number of imidazole rings is 1. The summed E-state index contributed by atoms with van der Waals surface area (Å²) in [6, 6.07) is 0.136. The van der Waals surface area contributed by atoms with Crippen LogP contribution in [0.5, 0.6) is 0 Å². The van der Waals surface area contributed by atoms with E-state index in [9.17, 15) is 0 Å². The van der Waals surface area contributed by atoms with Crippen LogP contribution in [0, 0.1) is 0 Å². The van der Waals surface area contributed by atoms with Crippen molar-refractivity contribution < 1.29 is 4.74 Å². The van der Waals surface area contributed by atoms with Gasteiger partial charge in [0.2, 0.25) is 0 Å². The van der Waals surface area contributed by atoms with Crippen molar-refractivity contribution in [3.05, 3.63) is 17.3 Å². The number of hydrogen-bond donors (Lipinski definition) is 1.